The number of para-hydroxylation sites is 1. The molecule has 246 valence electrons. The number of aromatic amines is 1. The number of benzene rings is 2. The fourth-order valence-electron chi connectivity index (χ4n) is 8.03. The first kappa shape index (κ1) is 31.5. The molecule has 1 aromatic heterocycles. The van der Waals surface area contributed by atoms with E-state index in [-0.39, 0.29) is 70.7 Å². The largest absolute Gasteiger partial charge is 0.484 e. The Morgan fingerprint density at radius 1 is 1.04 bits per heavy atom. The molecular formula is C32H28F3N3O7S2. The van der Waals surface area contributed by atoms with Crippen molar-refractivity contribution in [3.05, 3.63) is 74.2 Å². The number of ether oxygens (including phenoxy) is 1. The van der Waals surface area contributed by atoms with Gasteiger partial charge in [-0.25, -0.2) is 0 Å². The zero-order valence-corrected chi connectivity index (χ0v) is 26.1. The second-order valence-corrected chi connectivity index (χ2v) is 14.4. The van der Waals surface area contributed by atoms with E-state index in [0.29, 0.717) is 12.2 Å². The van der Waals surface area contributed by atoms with E-state index in [1.807, 2.05) is 6.07 Å². The van der Waals surface area contributed by atoms with Crippen LogP contribution < -0.4 is 14.9 Å². The molecule has 0 spiro atoms. The molecule has 2 saturated carbocycles. The Balaban J connectivity index is 1.13. The van der Waals surface area contributed by atoms with Crippen LogP contribution in [0, 0.1) is 29.6 Å². The number of carbonyl (C=O) groups is 4. The summed E-state index contributed by atoms with van der Waals surface area (Å²) in [5.74, 6) is -3.58. The molecule has 3 heterocycles. The maximum atomic E-state index is 13.6. The van der Waals surface area contributed by atoms with E-state index < -0.39 is 42.1 Å². The molecule has 3 aromatic rings. The number of rotatable bonds is 9. The van der Waals surface area contributed by atoms with Crippen molar-refractivity contribution in [3.8, 4) is 5.75 Å². The van der Waals surface area contributed by atoms with Crippen LogP contribution in [0.1, 0.15) is 41.2 Å². The number of carbonyl (C=O) groups excluding carboxylic acids is 3. The quantitative estimate of drug-likeness (QED) is 0.272. The van der Waals surface area contributed by atoms with Crippen molar-refractivity contribution in [1.29, 1.82) is 0 Å². The number of hydrogen-bond donors (Lipinski definition) is 3. The number of thiazole rings is 1. The standard InChI is InChI=1S/C32H28F3N3O7S2/c33-32(34,35)18-7-1-2-8-19(18)36-20(39)13-45-15-6-3-5-14(11-15)22-23-16-12-17(26(23)46-28-27(22)47-31(44)37-28)25-24(16)29(42)38(30(25)43)10-4-9-21(40)41/h1-3,5-8,11,16-17,22-26H,4,9-10,12-13H2,(H,36,39)(H,37,44)(H,40,41)/t16?,17?,22-,23?,24?,25?,26?/m1/s1. The predicted molar refractivity (Wildman–Crippen MR) is 164 cm³/mol. The molecule has 47 heavy (non-hydrogen) atoms. The number of aromatic nitrogens is 1. The van der Waals surface area contributed by atoms with E-state index in [2.05, 4.69) is 10.3 Å². The van der Waals surface area contributed by atoms with Crippen LogP contribution >= 0.6 is 23.1 Å². The van der Waals surface area contributed by atoms with Crippen molar-refractivity contribution in [2.24, 2.45) is 29.6 Å². The molecule has 10 nitrogen and oxygen atoms in total. The number of carboxylic acids is 1. The number of alkyl halides is 3. The Hall–Kier alpha value is -4.11. The van der Waals surface area contributed by atoms with E-state index >= 15 is 0 Å². The van der Waals surface area contributed by atoms with Crippen LogP contribution in [-0.2, 0) is 25.4 Å². The molecule has 2 aromatic carbocycles. The number of H-pyrrole nitrogens is 1. The molecule has 2 aliphatic carbocycles. The van der Waals surface area contributed by atoms with E-state index in [0.717, 1.165) is 38.9 Å². The third-order valence-corrected chi connectivity index (χ3v) is 12.3. The Bertz CT molecular complexity index is 1840. The first-order valence-corrected chi connectivity index (χ1v) is 16.8. The number of likely N-dealkylation sites (tertiary alicyclic amines) is 1. The van der Waals surface area contributed by atoms with E-state index in [1.165, 1.54) is 28.8 Å². The second-order valence-electron chi connectivity index (χ2n) is 12.2. The fraction of sp³-hybridized carbons (Fsp3) is 0.406. The topological polar surface area (TPSA) is 146 Å². The van der Waals surface area contributed by atoms with Gasteiger partial charge in [0, 0.05) is 29.0 Å². The van der Waals surface area contributed by atoms with Gasteiger partial charge in [-0.2, -0.15) is 13.2 Å². The summed E-state index contributed by atoms with van der Waals surface area (Å²) in [7, 11) is 0. The van der Waals surface area contributed by atoms with Crippen LogP contribution in [0.5, 0.6) is 5.75 Å². The summed E-state index contributed by atoms with van der Waals surface area (Å²) in [4.78, 5) is 68.1. The molecule has 7 atom stereocenters. The molecule has 3 N–H and O–H groups in total. The molecule has 0 radical (unpaired) electrons. The third kappa shape index (κ3) is 5.52. The lowest BCUT2D eigenvalue weighted by Gasteiger charge is -2.43. The van der Waals surface area contributed by atoms with Gasteiger partial charge in [0.2, 0.25) is 11.8 Å². The molecule has 3 amide bonds. The zero-order valence-electron chi connectivity index (χ0n) is 24.5. The van der Waals surface area contributed by atoms with Gasteiger partial charge >= 0.3 is 17.0 Å². The predicted octanol–water partition coefficient (Wildman–Crippen LogP) is 4.81. The van der Waals surface area contributed by atoms with Crippen LogP contribution in [0.4, 0.5) is 18.9 Å². The summed E-state index contributed by atoms with van der Waals surface area (Å²) in [6, 6.07) is 11.6. The first-order chi connectivity index (χ1) is 22.4. The second kappa shape index (κ2) is 11.8. The number of fused-ring (bicyclic) bond motifs is 9. The average molecular weight is 688 g/mol. The number of aliphatic carboxylic acids is 1. The number of thioether (sulfide) groups is 1. The van der Waals surface area contributed by atoms with Gasteiger partial charge in [-0.1, -0.05) is 35.6 Å². The van der Waals surface area contributed by atoms with Crippen LogP contribution in [0.25, 0.3) is 0 Å². The van der Waals surface area contributed by atoms with Crippen LogP contribution in [0.2, 0.25) is 0 Å². The number of halogens is 3. The number of carboxylic acid groups (broad SMARTS) is 1. The monoisotopic (exact) mass is 687 g/mol. The van der Waals surface area contributed by atoms with Gasteiger partial charge in [0.25, 0.3) is 5.91 Å². The lowest BCUT2D eigenvalue weighted by Crippen LogP contribution is -2.42. The van der Waals surface area contributed by atoms with E-state index in [4.69, 9.17) is 9.84 Å². The minimum Gasteiger partial charge on any atom is -0.484 e. The van der Waals surface area contributed by atoms with Gasteiger partial charge in [0.1, 0.15) is 5.75 Å². The third-order valence-electron chi connectivity index (χ3n) is 9.68. The smallest absolute Gasteiger partial charge is 0.418 e. The highest BCUT2D eigenvalue weighted by atomic mass is 32.2. The lowest BCUT2D eigenvalue weighted by molar-refractivity contribution is -0.143. The number of nitrogens with zero attached hydrogens (tertiary/aromatic N) is 1. The molecular weight excluding hydrogens is 659 g/mol. The van der Waals surface area contributed by atoms with Gasteiger partial charge in [0.15, 0.2) is 6.61 Å². The summed E-state index contributed by atoms with van der Waals surface area (Å²) >= 11 is 2.63. The van der Waals surface area contributed by atoms with Crippen molar-refractivity contribution in [1.82, 2.24) is 9.88 Å². The molecule has 6 unspecified atom stereocenters. The maximum absolute atomic E-state index is 13.6. The van der Waals surface area contributed by atoms with Gasteiger partial charge in [-0.05, 0) is 60.4 Å². The van der Waals surface area contributed by atoms with Gasteiger partial charge in [-0.15, -0.1) is 11.8 Å². The van der Waals surface area contributed by atoms with Crippen molar-refractivity contribution in [3.63, 3.8) is 0 Å². The van der Waals surface area contributed by atoms with Crippen molar-refractivity contribution in [2.45, 2.75) is 41.6 Å². The Morgan fingerprint density at radius 2 is 1.79 bits per heavy atom. The zero-order chi connectivity index (χ0) is 33.2. The molecule has 2 bridgehead atoms. The average Bonchev–Trinajstić information content (AvgIpc) is 3.75. The number of amides is 3. The maximum Gasteiger partial charge on any atom is 0.418 e. The summed E-state index contributed by atoms with van der Waals surface area (Å²) in [6.45, 7) is -0.481. The molecule has 4 aliphatic rings. The van der Waals surface area contributed by atoms with Crippen molar-refractivity contribution in [2.75, 3.05) is 18.5 Å². The first-order valence-electron chi connectivity index (χ1n) is 15.1. The van der Waals surface area contributed by atoms with Crippen molar-refractivity contribution >= 4 is 52.5 Å². The Morgan fingerprint density at radius 3 is 2.53 bits per heavy atom. The fourth-order valence-corrected chi connectivity index (χ4v) is 10.9. The van der Waals surface area contributed by atoms with Crippen molar-refractivity contribution < 1.29 is 42.2 Å². The SMILES string of the molecule is O=C(O)CCCN1C(=O)C2C3CC(C2C1=O)C1C3Sc2[nH]c(=O)sc2[C@@H]1c1cccc(OCC(=O)Nc2ccccc2C(F)(F)F)c1. The van der Waals surface area contributed by atoms with Crippen LogP contribution in [0.3, 0.4) is 0 Å². The summed E-state index contributed by atoms with van der Waals surface area (Å²) in [5, 5.41) is 12.0. The van der Waals surface area contributed by atoms with Crippen LogP contribution in [-0.4, -0.2) is 57.1 Å². The Kier molecular flexibility index (Phi) is 7.94. The van der Waals surface area contributed by atoms with Gasteiger partial charge in [-0.3, -0.25) is 28.9 Å². The highest BCUT2D eigenvalue weighted by Gasteiger charge is 2.69. The van der Waals surface area contributed by atoms with E-state index in [9.17, 15) is 37.1 Å². The molecule has 7 rings (SSSR count). The molecule has 1 saturated heterocycles. The number of imide groups is 1. The Labute approximate surface area is 273 Å². The van der Waals surface area contributed by atoms with Gasteiger partial charge < -0.3 is 20.1 Å². The number of hydrogen-bond acceptors (Lipinski definition) is 8. The summed E-state index contributed by atoms with van der Waals surface area (Å²) in [6.07, 6.45) is -3.92. The normalized spacial score (nSPS) is 27.4. The lowest BCUT2D eigenvalue weighted by atomic mass is 9.68. The van der Waals surface area contributed by atoms with E-state index in [1.54, 1.807) is 18.2 Å². The highest BCUT2D eigenvalue weighted by Crippen LogP contribution is 2.68. The highest BCUT2D eigenvalue weighted by molar-refractivity contribution is 8.00. The van der Waals surface area contributed by atoms with Gasteiger partial charge in [0.05, 0.1) is 28.1 Å². The molecule has 2 aliphatic heterocycles. The van der Waals surface area contributed by atoms with Crippen LogP contribution in [0.15, 0.2) is 58.4 Å². The molecule has 3 fully saturated rings. The summed E-state index contributed by atoms with van der Waals surface area (Å²) < 4.78 is 45.8. The summed E-state index contributed by atoms with van der Waals surface area (Å²) in [5.41, 5.74) is -0.561. The molecule has 15 heteroatoms. The minimum absolute atomic E-state index is 0.0521. The number of nitrogens with one attached hydrogen (secondary N) is 2. The number of anilines is 1. The minimum atomic E-state index is -4.65.